The number of halogens is 2. The molecule has 0 saturated carbocycles. The summed E-state index contributed by atoms with van der Waals surface area (Å²) in [7, 11) is 1.59. The molecule has 0 aliphatic heterocycles. The fraction of sp³-hybridized carbons (Fsp3) is 0.0526. The highest BCUT2D eigenvalue weighted by Crippen LogP contribution is 2.27. The summed E-state index contributed by atoms with van der Waals surface area (Å²) < 4.78 is 5.09. The highest BCUT2D eigenvalue weighted by molar-refractivity contribution is 6.36. The number of hydrogen-bond donors (Lipinski definition) is 2. The van der Waals surface area contributed by atoms with E-state index < -0.39 is 0 Å². The van der Waals surface area contributed by atoms with E-state index in [-0.39, 0.29) is 5.91 Å². The number of nitrogens with zero attached hydrogens (tertiary/aromatic N) is 1. The van der Waals surface area contributed by atoms with Crippen LogP contribution in [0.3, 0.4) is 0 Å². The lowest BCUT2D eigenvalue weighted by Crippen LogP contribution is -2.12. The minimum Gasteiger partial charge on any atom is -0.497 e. The number of benzene rings is 2. The van der Waals surface area contributed by atoms with Crippen molar-refractivity contribution >= 4 is 46.3 Å². The number of methoxy groups -OCH3 is 1. The number of anilines is 3. The van der Waals surface area contributed by atoms with Gasteiger partial charge in [-0.3, -0.25) is 4.79 Å². The van der Waals surface area contributed by atoms with Crippen LogP contribution in [0.1, 0.15) is 10.4 Å². The van der Waals surface area contributed by atoms with E-state index in [0.717, 1.165) is 5.75 Å². The molecule has 7 heteroatoms. The maximum absolute atomic E-state index is 12.3. The number of pyridine rings is 1. The van der Waals surface area contributed by atoms with Gasteiger partial charge in [0.05, 0.1) is 23.4 Å². The van der Waals surface area contributed by atoms with E-state index >= 15 is 0 Å². The smallest absolute Gasteiger partial charge is 0.257 e. The van der Waals surface area contributed by atoms with Gasteiger partial charge in [-0.2, -0.15) is 0 Å². The van der Waals surface area contributed by atoms with Crippen molar-refractivity contribution in [2.24, 2.45) is 0 Å². The molecule has 0 bridgehead atoms. The van der Waals surface area contributed by atoms with Gasteiger partial charge >= 0.3 is 0 Å². The first-order valence-corrected chi connectivity index (χ1v) is 8.44. The van der Waals surface area contributed by atoms with Crippen molar-refractivity contribution in [3.63, 3.8) is 0 Å². The number of rotatable bonds is 5. The number of amides is 1. The Hall–Kier alpha value is -2.76. The molecule has 0 aliphatic rings. The largest absolute Gasteiger partial charge is 0.497 e. The average molecular weight is 388 g/mol. The average Bonchev–Trinajstić information content (AvgIpc) is 2.65. The third-order valence-corrected chi connectivity index (χ3v) is 4.12. The van der Waals surface area contributed by atoms with E-state index in [9.17, 15) is 4.79 Å². The van der Waals surface area contributed by atoms with Crippen molar-refractivity contribution in [3.05, 3.63) is 76.4 Å². The first-order chi connectivity index (χ1) is 12.5. The fourth-order valence-electron chi connectivity index (χ4n) is 2.21. The highest BCUT2D eigenvalue weighted by Gasteiger charge is 2.08. The first kappa shape index (κ1) is 18.0. The molecule has 0 aliphatic carbocycles. The third kappa shape index (κ3) is 4.45. The van der Waals surface area contributed by atoms with Crippen LogP contribution in [0.4, 0.5) is 17.2 Å². The van der Waals surface area contributed by atoms with Crippen molar-refractivity contribution in [3.8, 4) is 5.75 Å². The summed E-state index contributed by atoms with van der Waals surface area (Å²) in [5, 5.41) is 6.93. The molecule has 3 aromatic rings. The quantitative estimate of drug-likeness (QED) is 0.615. The number of carbonyl (C=O) groups excluding carboxylic acids is 1. The van der Waals surface area contributed by atoms with Crippen LogP contribution < -0.4 is 15.4 Å². The maximum atomic E-state index is 12.3. The zero-order valence-corrected chi connectivity index (χ0v) is 15.3. The third-order valence-electron chi connectivity index (χ3n) is 3.57. The predicted octanol–water partition coefficient (Wildman–Crippen LogP) is 5.39. The topological polar surface area (TPSA) is 63.2 Å². The first-order valence-electron chi connectivity index (χ1n) is 7.69. The summed E-state index contributed by atoms with van der Waals surface area (Å²) in [6, 6.07) is 15.6. The summed E-state index contributed by atoms with van der Waals surface area (Å²) in [6.45, 7) is 0. The van der Waals surface area contributed by atoms with E-state index in [0.29, 0.717) is 32.8 Å². The van der Waals surface area contributed by atoms with Crippen molar-refractivity contribution in [1.29, 1.82) is 0 Å². The highest BCUT2D eigenvalue weighted by atomic mass is 35.5. The molecule has 0 unspecified atom stereocenters. The van der Waals surface area contributed by atoms with Gasteiger partial charge in [-0.05, 0) is 54.6 Å². The Morgan fingerprint density at radius 3 is 2.42 bits per heavy atom. The molecule has 0 atom stereocenters. The lowest BCUT2D eigenvalue weighted by atomic mass is 10.2. The maximum Gasteiger partial charge on any atom is 0.257 e. The Bertz CT molecular complexity index is 913. The number of nitrogens with one attached hydrogen (secondary N) is 2. The van der Waals surface area contributed by atoms with E-state index in [2.05, 4.69) is 15.6 Å². The van der Waals surface area contributed by atoms with Gasteiger partial charge in [-0.15, -0.1) is 0 Å². The van der Waals surface area contributed by atoms with E-state index in [1.54, 1.807) is 61.7 Å². The molecule has 0 spiro atoms. The van der Waals surface area contributed by atoms with Crippen LogP contribution in [-0.2, 0) is 0 Å². The van der Waals surface area contributed by atoms with Crippen molar-refractivity contribution < 1.29 is 9.53 Å². The number of carbonyl (C=O) groups is 1. The normalized spacial score (nSPS) is 10.3. The molecule has 2 N–H and O–H groups in total. The standard InChI is InChI=1S/C19H15Cl2N3O2/c1-26-15-6-4-14(5-7-15)23-19(25)12-2-9-18(22-11-12)24-17-8-3-13(20)10-16(17)21/h2-11H,1H3,(H,22,24)(H,23,25). The molecule has 3 rings (SSSR count). The lowest BCUT2D eigenvalue weighted by Gasteiger charge is -2.09. The molecule has 0 fully saturated rings. The van der Waals surface area contributed by atoms with Crippen molar-refractivity contribution in [2.75, 3.05) is 17.7 Å². The zero-order chi connectivity index (χ0) is 18.5. The van der Waals surface area contributed by atoms with Crippen LogP contribution in [-0.4, -0.2) is 18.0 Å². The summed E-state index contributed by atoms with van der Waals surface area (Å²) in [6.07, 6.45) is 1.49. The molecule has 1 aromatic heterocycles. The van der Waals surface area contributed by atoms with E-state index in [1.807, 2.05) is 0 Å². The van der Waals surface area contributed by atoms with Crippen LogP contribution in [0.15, 0.2) is 60.8 Å². The number of hydrogen-bond acceptors (Lipinski definition) is 4. The Labute approximate surface area is 160 Å². The minimum atomic E-state index is -0.251. The van der Waals surface area contributed by atoms with Crippen LogP contribution in [0, 0.1) is 0 Å². The Balaban J connectivity index is 1.67. The van der Waals surface area contributed by atoms with Gasteiger partial charge in [-0.1, -0.05) is 23.2 Å². The lowest BCUT2D eigenvalue weighted by molar-refractivity contribution is 0.102. The van der Waals surface area contributed by atoms with Gasteiger partial charge in [0.25, 0.3) is 5.91 Å². The molecule has 1 amide bonds. The fourth-order valence-corrected chi connectivity index (χ4v) is 2.66. The van der Waals surface area contributed by atoms with Crippen LogP contribution in [0.5, 0.6) is 5.75 Å². The second kappa shape index (κ2) is 8.08. The van der Waals surface area contributed by atoms with Gasteiger partial charge in [0.15, 0.2) is 0 Å². The Morgan fingerprint density at radius 1 is 1.04 bits per heavy atom. The van der Waals surface area contributed by atoms with Gasteiger partial charge in [-0.25, -0.2) is 4.98 Å². The van der Waals surface area contributed by atoms with Crippen LogP contribution >= 0.6 is 23.2 Å². The van der Waals surface area contributed by atoms with E-state index in [4.69, 9.17) is 27.9 Å². The summed E-state index contributed by atoms with van der Waals surface area (Å²) in [5.41, 5.74) is 1.79. The van der Waals surface area contributed by atoms with Crippen molar-refractivity contribution in [2.45, 2.75) is 0 Å². The van der Waals surface area contributed by atoms with E-state index in [1.165, 1.54) is 6.20 Å². The second-order valence-electron chi connectivity index (χ2n) is 5.36. The van der Waals surface area contributed by atoms with Crippen LogP contribution in [0.2, 0.25) is 10.0 Å². The number of aromatic nitrogens is 1. The molecule has 0 radical (unpaired) electrons. The molecule has 1 heterocycles. The minimum absolute atomic E-state index is 0.251. The summed E-state index contributed by atoms with van der Waals surface area (Å²) >= 11 is 12.0. The molecule has 26 heavy (non-hydrogen) atoms. The molecule has 2 aromatic carbocycles. The molecular weight excluding hydrogens is 373 g/mol. The Kier molecular flexibility index (Phi) is 5.61. The zero-order valence-electron chi connectivity index (χ0n) is 13.8. The van der Waals surface area contributed by atoms with Gasteiger partial charge in [0, 0.05) is 16.9 Å². The predicted molar refractivity (Wildman–Crippen MR) is 105 cm³/mol. The Morgan fingerprint density at radius 2 is 1.81 bits per heavy atom. The second-order valence-corrected chi connectivity index (χ2v) is 6.21. The summed E-state index contributed by atoms with van der Waals surface area (Å²) in [5.74, 6) is 1.04. The monoisotopic (exact) mass is 387 g/mol. The SMILES string of the molecule is COc1ccc(NC(=O)c2ccc(Nc3ccc(Cl)cc3Cl)nc2)cc1. The molecule has 5 nitrogen and oxygen atoms in total. The van der Waals surface area contributed by atoms with Gasteiger partial charge in [0.2, 0.25) is 0 Å². The van der Waals surface area contributed by atoms with Crippen LogP contribution in [0.25, 0.3) is 0 Å². The van der Waals surface area contributed by atoms with Gasteiger partial charge < -0.3 is 15.4 Å². The van der Waals surface area contributed by atoms with Gasteiger partial charge in [0.1, 0.15) is 11.6 Å². The number of ether oxygens (including phenoxy) is 1. The molecule has 0 saturated heterocycles. The molecule has 132 valence electrons. The van der Waals surface area contributed by atoms with Crippen molar-refractivity contribution in [1.82, 2.24) is 4.98 Å². The molecular formula is C19H15Cl2N3O2. The summed E-state index contributed by atoms with van der Waals surface area (Å²) in [4.78, 5) is 16.5.